The van der Waals surface area contributed by atoms with Crippen LogP contribution in [0.1, 0.15) is 24.0 Å². The van der Waals surface area contributed by atoms with E-state index in [1.807, 2.05) is 0 Å². The third-order valence-corrected chi connectivity index (χ3v) is 3.89. The largest absolute Gasteiger partial charge is 0.416 e. The maximum atomic E-state index is 12.8. The summed E-state index contributed by atoms with van der Waals surface area (Å²) in [5.41, 5.74) is -0.417. The van der Waals surface area contributed by atoms with E-state index < -0.39 is 17.6 Å². The molecule has 2 N–H and O–H groups in total. The second-order valence-electron chi connectivity index (χ2n) is 5.75. The van der Waals surface area contributed by atoms with Crippen LogP contribution in [0, 0.1) is 6.92 Å². The SMILES string of the molecule is Cc1ccc(NCC(=O)NCC(=O)N2CCCC2)cc1C(F)(F)F. The fraction of sp³-hybridized carbons (Fsp3) is 0.500. The van der Waals surface area contributed by atoms with E-state index in [0.717, 1.165) is 18.9 Å². The number of benzene rings is 1. The zero-order chi connectivity index (χ0) is 17.7. The summed E-state index contributed by atoms with van der Waals surface area (Å²) in [6.45, 7) is 2.49. The highest BCUT2D eigenvalue weighted by Crippen LogP contribution is 2.33. The quantitative estimate of drug-likeness (QED) is 0.861. The van der Waals surface area contributed by atoms with Crippen LogP contribution in [0.5, 0.6) is 0 Å². The molecular formula is C16H20F3N3O2. The molecule has 0 saturated carbocycles. The first-order chi connectivity index (χ1) is 11.3. The molecule has 0 unspecified atom stereocenters. The van der Waals surface area contributed by atoms with Crippen molar-refractivity contribution in [3.8, 4) is 0 Å². The summed E-state index contributed by atoms with van der Waals surface area (Å²) in [6, 6.07) is 3.80. The molecule has 0 atom stereocenters. The first-order valence-electron chi connectivity index (χ1n) is 7.73. The molecule has 2 amide bonds. The molecule has 1 fully saturated rings. The summed E-state index contributed by atoms with van der Waals surface area (Å²) in [6.07, 6.45) is -2.50. The Labute approximate surface area is 138 Å². The van der Waals surface area contributed by atoms with Crippen molar-refractivity contribution in [2.45, 2.75) is 25.9 Å². The van der Waals surface area contributed by atoms with Gasteiger partial charge in [0.1, 0.15) is 0 Å². The molecule has 8 heteroatoms. The lowest BCUT2D eigenvalue weighted by molar-refractivity contribution is -0.138. The first-order valence-corrected chi connectivity index (χ1v) is 7.73. The van der Waals surface area contributed by atoms with Crippen molar-refractivity contribution >= 4 is 17.5 Å². The van der Waals surface area contributed by atoms with Gasteiger partial charge in [-0.3, -0.25) is 9.59 Å². The average molecular weight is 343 g/mol. The van der Waals surface area contributed by atoms with Crippen LogP contribution < -0.4 is 10.6 Å². The van der Waals surface area contributed by atoms with Gasteiger partial charge in [0.15, 0.2) is 0 Å². The van der Waals surface area contributed by atoms with Gasteiger partial charge in [-0.15, -0.1) is 0 Å². The van der Waals surface area contributed by atoms with Gasteiger partial charge in [-0.25, -0.2) is 0 Å². The highest BCUT2D eigenvalue weighted by atomic mass is 19.4. The molecule has 24 heavy (non-hydrogen) atoms. The molecule has 1 aromatic carbocycles. The number of amides is 2. The summed E-state index contributed by atoms with van der Waals surface area (Å²) in [4.78, 5) is 25.2. The van der Waals surface area contributed by atoms with Crippen molar-refractivity contribution in [3.05, 3.63) is 29.3 Å². The number of aryl methyl sites for hydroxylation is 1. The van der Waals surface area contributed by atoms with Crippen LogP contribution >= 0.6 is 0 Å². The normalized spacial score (nSPS) is 14.6. The van der Waals surface area contributed by atoms with E-state index in [9.17, 15) is 22.8 Å². The minimum atomic E-state index is -4.44. The van der Waals surface area contributed by atoms with E-state index in [4.69, 9.17) is 0 Å². The van der Waals surface area contributed by atoms with Crippen LogP contribution in [0.4, 0.5) is 18.9 Å². The number of hydrogen-bond donors (Lipinski definition) is 2. The Bertz CT molecular complexity index is 611. The molecular weight excluding hydrogens is 323 g/mol. The highest BCUT2D eigenvalue weighted by molar-refractivity contribution is 5.86. The van der Waals surface area contributed by atoms with Crippen LogP contribution in [0.15, 0.2) is 18.2 Å². The van der Waals surface area contributed by atoms with Gasteiger partial charge in [0.05, 0.1) is 18.7 Å². The van der Waals surface area contributed by atoms with Gasteiger partial charge in [0.2, 0.25) is 11.8 Å². The Morgan fingerprint density at radius 2 is 1.83 bits per heavy atom. The molecule has 0 aromatic heterocycles. The number of alkyl halides is 3. The van der Waals surface area contributed by atoms with Crippen molar-refractivity contribution < 1.29 is 22.8 Å². The van der Waals surface area contributed by atoms with E-state index in [0.29, 0.717) is 13.1 Å². The standard InChI is InChI=1S/C16H20F3N3O2/c1-11-4-5-12(8-13(11)16(17,18)19)20-9-14(23)21-10-15(24)22-6-2-3-7-22/h4-5,8,20H,2-3,6-7,9-10H2,1H3,(H,21,23). The molecule has 1 aliphatic rings. The molecule has 132 valence electrons. The number of carbonyl (C=O) groups is 2. The maximum absolute atomic E-state index is 12.8. The maximum Gasteiger partial charge on any atom is 0.416 e. The number of halogens is 3. The Hall–Kier alpha value is -2.25. The monoisotopic (exact) mass is 343 g/mol. The third kappa shape index (κ3) is 4.87. The topological polar surface area (TPSA) is 61.4 Å². The smallest absolute Gasteiger partial charge is 0.376 e. The lowest BCUT2D eigenvalue weighted by Crippen LogP contribution is -2.40. The van der Waals surface area contributed by atoms with Crippen LogP contribution in [0.3, 0.4) is 0 Å². The number of carbonyl (C=O) groups excluding carboxylic acids is 2. The Kier molecular flexibility index (Phi) is 5.69. The first kappa shape index (κ1) is 18.1. The van der Waals surface area contributed by atoms with Crippen molar-refractivity contribution in [1.82, 2.24) is 10.2 Å². The van der Waals surface area contributed by atoms with E-state index in [-0.39, 0.29) is 30.2 Å². The Morgan fingerprint density at radius 1 is 1.17 bits per heavy atom. The van der Waals surface area contributed by atoms with Gasteiger partial charge in [-0.2, -0.15) is 13.2 Å². The molecule has 5 nitrogen and oxygen atoms in total. The van der Waals surface area contributed by atoms with Gasteiger partial charge < -0.3 is 15.5 Å². The zero-order valence-corrected chi connectivity index (χ0v) is 13.4. The molecule has 1 aliphatic heterocycles. The lowest BCUT2D eigenvalue weighted by atomic mass is 10.1. The number of nitrogens with one attached hydrogen (secondary N) is 2. The predicted octanol–water partition coefficient (Wildman–Crippen LogP) is 2.16. The number of hydrogen-bond acceptors (Lipinski definition) is 3. The van der Waals surface area contributed by atoms with Gasteiger partial charge >= 0.3 is 6.18 Å². The van der Waals surface area contributed by atoms with Crippen LogP contribution in [-0.2, 0) is 15.8 Å². The van der Waals surface area contributed by atoms with Crippen molar-refractivity contribution in [2.24, 2.45) is 0 Å². The molecule has 1 saturated heterocycles. The Balaban J connectivity index is 1.82. The van der Waals surface area contributed by atoms with Crippen molar-refractivity contribution in [3.63, 3.8) is 0 Å². The summed E-state index contributed by atoms with van der Waals surface area (Å²) in [5.74, 6) is -0.591. The van der Waals surface area contributed by atoms with E-state index in [2.05, 4.69) is 10.6 Å². The fourth-order valence-electron chi connectivity index (χ4n) is 2.53. The predicted molar refractivity (Wildman–Crippen MR) is 83.5 cm³/mol. The Morgan fingerprint density at radius 3 is 2.46 bits per heavy atom. The molecule has 0 aliphatic carbocycles. The minimum Gasteiger partial charge on any atom is -0.376 e. The summed E-state index contributed by atoms with van der Waals surface area (Å²) in [7, 11) is 0. The zero-order valence-electron chi connectivity index (χ0n) is 13.4. The van der Waals surface area contributed by atoms with E-state index in [1.165, 1.54) is 19.1 Å². The second-order valence-corrected chi connectivity index (χ2v) is 5.75. The van der Waals surface area contributed by atoms with Crippen molar-refractivity contribution in [2.75, 3.05) is 31.5 Å². The number of nitrogens with zero attached hydrogens (tertiary/aromatic N) is 1. The molecule has 0 spiro atoms. The fourth-order valence-corrected chi connectivity index (χ4v) is 2.53. The van der Waals surface area contributed by atoms with Crippen LogP contribution in [-0.4, -0.2) is 42.9 Å². The summed E-state index contributed by atoms with van der Waals surface area (Å²) in [5, 5.41) is 5.11. The molecule has 1 aromatic rings. The average Bonchev–Trinajstić information content (AvgIpc) is 3.05. The number of likely N-dealkylation sites (tertiary alicyclic amines) is 1. The van der Waals surface area contributed by atoms with Gasteiger partial charge in [0.25, 0.3) is 0 Å². The number of rotatable bonds is 5. The highest BCUT2D eigenvalue weighted by Gasteiger charge is 2.32. The minimum absolute atomic E-state index is 0.0950. The molecule has 1 heterocycles. The van der Waals surface area contributed by atoms with Crippen LogP contribution in [0.25, 0.3) is 0 Å². The third-order valence-electron chi connectivity index (χ3n) is 3.89. The number of anilines is 1. The lowest BCUT2D eigenvalue weighted by Gasteiger charge is -2.16. The van der Waals surface area contributed by atoms with Crippen LogP contribution in [0.2, 0.25) is 0 Å². The van der Waals surface area contributed by atoms with E-state index >= 15 is 0 Å². The second kappa shape index (κ2) is 7.55. The van der Waals surface area contributed by atoms with Gasteiger partial charge in [-0.05, 0) is 37.5 Å². The van der Waals surface area contributed by atoms with E-state index in [1.54, 1.807) is 4.90 Å². The van der Waals surface area contributed by atoms with Gasteiger partial charge in [-0.1, -0.05) is 6.07 Å². The molecule has 2 rings (SSSR count). The summed E-state index contributed by atoms with van der Waals surface area (Å²) < 4.78 is 38.5. The van der Waals surface area contributed by atoms with Crippen molar-refractivity contribution in [1.29, 1.82) is 0 Å². The molecule has 0 bridgehead atoms. The van der Waals surface area contributed by atoms with Gasteiger partial charge in [0, 0.05) is 18.8 Å². The molecule has 0 radical (unpaired) electrons. The summed E-state index contributed by atoms with van der Waals surface area (Å²) >= 11 is 0.